The number of benzene rings is 1. The van der Waals surface area contributed by atoms with Gasteiger partial charge >= 0.3 is 6.09 Å². The molecule has 0 saturated heterocycles. The molecule has 1 N–H and O–H groups in total. The quantitative estimate of drug-likeness (QED) is 0.576. The van der Waals surface area contributed by atoms with Gasteiger partial charge in [-0.3, -0.25) is 4.90 Å². The number of hydrogen-bond donors (Lipinski definition) is 1. The van der Waals surface area contributed by atoms with Crippen LogP contribution in [0.25, 0.3) is 0 Å². The molecule has 0 spiro atoms. The van der Waals surface area contributed by atoms with Crippen LogP contribution in [0.15, 0.2) is 30.9 Å². The van der Waals surface area contributed by atoms with E-state index in [-0.39, 0.29) is 23.4 Å². The maximum Gasteiger partial charge on any atom is 0.408 e. The van der Waals surface area contributed by atoms with E-state index in [1.54, 1.807) is 12.1 Å². The highest BCUT2D eigenvalue weighted by molar-refractivity contribution is 6.42. The molecule has 0 heterocycles. The molecule has 0 aliphatic rings. The highest BCUT2D eigenvalue weighted by atomic mass is 35.5. The Morgan fingerprint density at radius 2 is 1.91 bits per heavy atom. The fourth-order valence-corrected chi connectivity index (χ4v) is 2.70. The first kappa shape index (κ1) is 19.5. The summed E-state index contributed by atoms with van der Waals surface area (Å²) in [5, 5.41) is 10.3. The minimum Gasteiger partial charge on any atom is -0.465 e. The smallest absolute Gasteiger partial charge is 0.408 e. The van der Waals surface area contributed by atoms with Gasteiger partial charge in [-0.25, -0.2) is 4.79 Å². The Kier molecular flexibility index (Phi) is 6.25. The Labute approximate surface area is 146 Å². The van der Waals surface area contributed by atoms with Gasteiger partial charge in [-0.1, -0.05) is 56.1 Å². The van der Waals surface area contributed by atoms with Crippen LogP contribution in [-0.4, -0.2) is 28.9 Å². The number of amides is 1. The van der Waals surface area contributed by atoms with Crippen LogP contribution in [0.3, 0.4) is 0 Å². The molecule has 4 nitrogen and oxygen atoms in total. The Hall–Kier alpha value is -1.52. The molecular weight excluding hydrogens is 337 g/mol. The Balaban J connectivity index is 3.55. The third-order valence-corrected chi connectivity index (χ3v) is 4.15. The van der Waals surface area contributed by atoms with Crippen molar-refractivity contribution < 1.29 is 14.7 Å². The summed E-state index contributed by atoms with van der Waals surface area (Å²) in [6.45, 7) is 9.55. The predicted molar refractivity (Wildman–Crippen MR) is 93.2 cm³/mol. The zero-order chi connectivity index (χ0) is 17.8. The largest absolute Gasteiger partial charge is 0.465 e. The summed E-state index contributed by atoms with van der Waals surface area (Å²) >= 11 is 12.0. The highest BCUT2D eigenvalue weighted by Gasteiger charge is 2.42. The first-order chi connectivity index (χ1) is 10.6. The summed E-state index contributed by atoms with van der Waals surface area (Å²) in [7, 11) is 0. The van der Waals surface area contributed by atoms with E-state index in [4.69, 9.17) is 23.2 Å². The predicted octanol–water partition coefficient (Wildman–Crippen LogP) is 4.99. The number of aldehydes is 1. The normalized spacial score (nSPS) is 14.0. The highest BCUT2D eigenvalue weighted by Crippen LogP contribution is 2.36. The van der Waals surface area contributed by atoms with Crippen molar-refractivity contribution in [1.29, 1.82) is 0 Å². The van der Waals surface area contributed by atoms with Crippen LogP contribution in [0.5, 0.6) is 0 Å². The van der Waals surface area contributed by atoms with Crippen molar-refractivity contribution in [3.8, 4) is 0 Å². The summed E-state index contributed by atoms with van der Waals surface area (Å²) < 4.78 is 0. The summed E-state index contributed by atoms with van der Waals surface area (Å²) in [6.07, 6.45) is 1.11. The van der Waals surface area contributed by atoms with E-state index in [0.29, 0.717) is 16.9 Å². The number of hydrogen-bond acceptors (Lipinski definition) is 2. The molecule has 1 atom stereocenters. The van der Waals surface area contributed by atoms with Crippen molar-refractivity contribution in [2.24, 2.45) is 5.41 Å². The van der Waals surface area contributed by atoms with Crippen LogP contribution < -0.4 is 0 Å². The van der Waals surface area contributed by atoms with E-state index in [1.165, 1.54) is 12.1 Å². The molecule has 126 valence electrons. The van der Waals surface area contributed by atoms with Crippen molar-refractivity contribution in [2.45, 2.75) is 32.7 Å². The monoisotopic (exact) mass is 357 g/mol. The van der Waals surface area contributed by atoms with Crippen molar-refractivity contribution >= 4 is 35.6 Å². The Morgan fingerprint density at radius 1 is 1.30 bits per heavy atom. The van der Waals surface area contributed by atoms with E-state index in [1.807, 2.05) is 20.8 Å². The van der Waals surface area contributed by atoms with Crippen molar-refractivity contribution in [1.82, 2.24) is 4.90 Å². The average molecular weight is 358 g/mol. The molecule has 0 saturated carbocycles. The lowest BCUT2D eigenvalue weighted by molar-refractivity contribution is -0.119. The molecule has 23 heavy (non-hydrogen) atoms. The summed E-state index contributed by atoms with van der Waals surface area (Å²) in [4.78, 5) is 25.0. The summed E-state index contributed by atoms with van der Waals surface area (Å²) in [5.74, 6) is 0. The molecule has 0 fully saturated rings. The van der Waals surface area contributed by atoms with Gasteiger partial charge in [0.1, 0.15) is 5.54 Å². The van der Waals surface area contributed by atoms with Crippen LogP contribution >= 0.6 is 23.2 Å². The molecule has 1 unspecified atom stereocenters. The standard InChI is InChI=1S/C17H21Cl2NO3/c1-5-8-17(11-21,12-6-7-13(18)14(19)9-12)20(15(22)23)10-16(2,3)4/h5-7,9,11H,1,8,10H2,2-4H3,(H,22,23). The second-order valence-electron chi connectivity index (χ2n) is 6.59. The van der Waals surface area contributed by atoms with Crippen LogP contribution in [0.4, 0.5) is 4.79 Å². The van der Waals surface area contributed by atoms with Gasteiger partial charge < -0.3 is 9.90 Å². The van der Waals surface area contributed by atoms with Gasteiger partial charge in [-0.2, -0.15) is 0 Å². The number of carbonyl (C=O) groups excluding carboxylic acids is 1. The molecule has 0 radical (unpaired) electrons. The molecule has 0 bridgehead atoms. The minimum atomic E-state index is -1.39. The second-order valence-corrected chi connectivity index (χ2v) is 7.41. The molecule has 1 rings (SSSR count). The van der Waals surface area contributed by atoms with Crippen molar-refractivity contribution in [2.75, 3.05) is 6.54 Å². The summed E-state index contributed by atoms with van der Waals surface area (Å²) in [6, 6.07) is 4.70. The maximum absolute atomic E-state index is 12.0. The second kappa shape index (κ2) is 7.37. The van der Waals surface area contributed by atoms with Crippen LogP contribution in [0, 0.1) is 5.41 Å². The lowest BCUT2D eigenvalue weighted by atomic mass is 9.84. The van der Waals surface area contributed by atoms with Gasteiger partial charge in [0.25, 0.3) is 0 Å². The molecule has 0 aliphatic heterocycles. The maximum atomic E-state index is 12.0. The van der Waals surface area contributed by atoms with Gasteiger partial charge in [-0.15, -0.1) is 6.58 Å². The summed E-state index contributed by atoms with van der Waals surface area (Å²) in [5.41, 5.74) is -1.26. The molecule has 1 aromatic rings. The number of nitrogens with zero attached hydrogens (tertiary/aromatic N) is 1. The molecule has 0 aliphatic carbocycles. The number of carboxylic acid groups (broad SMARTS) is 1. The van der Waals surface area contributed by atoms with Crippen molar-refractivity contribution in [3.05, 3.63) is 46.5 Å². The SMILES string of the molecule is C=CCC(C=O)(c1ccc(Cl)c(Cl)c1)N(CC(C)(C)C)C(=O)O. The zero-order valence-electron chi connectivity index (χ0n) is 13.5. The lowest BCUT2D eigenvalue weighted by Gasteiger charge is -2.41. The fraction of sp³-hybridized carbons (Fsp3) is 0.412. The number of rotatable bonds is 6. The first-order valence-electron chi connectivity index (χ1n) is 7.11. The van der Waals surface area contributed by atoms with Crippen LogP contribution in [0.2, 0.25) is 10.0 Å². The third-order valence-electron chi connectivity index (χ3n) is 3.42. The third kappa shape index (κ3) is 4.49. The fourth-order valence-electron chi connectivity index (χ4n) is 2.40. The number of carbonyl (C=O) groups is 2. The van der Waals surface area contributed by atoms with E-state index in [2.05, 4.69) is 6.58 Å². The Bertz CT molecular complexity index is 610. The van der Waals surface area contributed by atoms with Gasteiger partial charge in [0.05, 0.1) is 10.0 Å². The molecule has 1 amide bonds. The van der Waals surface area contributed by atoms with Gasteiger partial charge in [0.15, 0.2) is 6.29 Å². The van der Waals surface area contributed by atoms with Gasteiger partial charge in [-0.05, 0) is 29.5 Å². The van der Waals surface area contributed by atoms with Crippen molar-refractivity contribution in [3.63, 3.8) is 0 Å². The first-order valence-corrected chi connectivity index (χ1v) is 7.86. The number of halogens is 2. The van der Waals surface area contributed by atoms with E-state index in [9.17, 15) is 14.7 Å². The molecular formula is C17H21Cl2NO3. The topological polar surface area (TPSA) is 57.6 Å². The van der Waals surface area contributed by atoms with Gasteiger partial charge in [0.2, 0.25) is 0 Å². The van der Waals surface area contributed by atoms with Crippen LogP contribution in [0.1, 0.15) is 32.8 Å². The average Bonchev–Trinajstić information content (AvgIpc) is 2.44. The minimum absolute atomic E-state index is 0.136. The van der Waals surface area contributed by atoms with E-state index >= 15 is 0 Å². The van der Waals surface area contributed by atoms with Crippen LogP contribution in [-0.2, 0) is 10.3 Å². The van der Waals surface area contributed by atoms with Gasteiger partial charge in [0, 0.05) is 6.54 Å². The lowest BCUT2D eigenvalue weighted by Crippen LogP contribution is -2.53. The van der Waals surface area contributed by atoms with E-state index < -0.39 is 11.6 Å². The molecule has 0 aromatic heterocycles. The zero-order valence-corrected chi connectivity index (χ0v) is 15.0. The molecule has 6 heteroatoms. The molecule has 1 aromatic carbocycles. The Morgan fingerprint density at radius 3 is 2.30 bits per heavy atom. The van der Waals surface area contributed by atoms with E-state index in [0.717, 1.165) is 4.90 Å².